The van der Waals surface area contributed by atoms with E-state index in [0.717, 1.165) is 25.0 Å². The number of unbranched alkanes of at least 4 members (excludes halogenated alkanes) is 2. The molecular formula is C24H24N2O4S. The van der Waals surface area contributed by atoms with Gasteiger partial charge in [-0.1, -0.05) is 55.0 Å². The number of thiazole rings is 1. The fourth-order valence-corrected chi connectivity index (χ4v) is 4.69. The topological polar surface area (TPSA) is 88.5 Å². The first-order valence-corrected chi connectivity index (χ1v) is 11.3. The highest BCUT2D eigenvalue weighted by molar-refractivity contribution is 7.13. The van der Waals surface area contributed by atoms with Gasteiger partial charge in [0.25, 0.3) is 0 Å². The predicted molar refractivity (Wildman–Crippen MR) is 121 cm³/mol. The third-order valence-electron chi connectivity index (χ3n) is 5.43. The quantitative estimate of drug-likeness (QED) is 0.421. The molecule has 1 aromatic heterocycles. The second-order valence-electron chi connectivity index (χ2n) is 7.55. The van der Waals surface area contributed by atoms with Gasteiger partial charge < -0.3 is 9.84 Å². The minimum absolute atomic E-state index is 0.0239. The molecule has 2 aromatic carbocycles. The van der Waals surface area contributed by atoms with Crippen LogP contribution in [-0.4, -0.2) is 28.8 Å². The number of hydrogen-bond acceptors (Lipinski definition) is 5. The molecule has 4 rings (SSSR count). The van der Waals surface area contributed by atoms with Crippen molar-refractivity contribution in [3.8, 4) is 11.1 Å². The first-order valence-electron chi connectivity index (χ1n) is 10.4. The largest absolute Gasteiger partial charge is 0.481 e. The number of fused-ring (bicyclic) bond motifs is 3. The molecule has 1 aliphatic rings. The molecule has 0 bridgehead atoms. The summed E-state index contributed by atoms with van der Waals surface area (Å²) in [4.78, 5) is 27.3. The molecule has 7 heteroatoms. The number of aliphatic carboxylic acids is 1. The number of carboxylic acid groups (broad SMARTS) is 1. The first kappa shape index (κ1) is 21.1. The van der Waals surface area contributed by atoms with Crippen LogP contribution in [0, 0.1) is 0 Å². The van der Waals surface area contributed by atoms with Crippen molar-refractivity contribution in [3.63, 3.8) is 0 Å². The number of rotatable bonds is 9. The molecule has 1 aliphatic carbocycles. The molecule has 0 atom stereocenters. The number of benzene rings is 2. The highest BCUT2D eigenvalue weighted by Gasteiger charge is 2.29. The van der Waals surface area contributed by atoms with Gasteiger partial charge in [0, 0.05) is 17.7 Å². The van der Waals surface area contributed by atoms with E-state index in [1.54, 1.807) is 0 Å². The highest BCUT2D eigenvalue weighted by Crippen LogP contribution is 2.44. The number of nitrogens with one attached hydrogen (secondary N) is 1. The van der Waals surface area contributed by atoms with E-state index in [1.807, 2.05) is 29.6 Å². The maximum Gasteiger partial charge on any atom is 0.413 e. The van der Waals surface area contributed by atoms with Crippen molar-refractivity contribution in [2.75, 3.05) is 11.9 Å². The van der Waals surface area contributed by atoms with Crippen molar-refractivity contribution < 1.29 is 19.4 Å². The van der Waals surface area contributed by atoms with Gasteiger partial charge in [-0.2, -0.15) is 0 Å². The van der Waals surface area contributed by atoms with Crippen molar-refractivity contribution in [2.45, 2.75) is 38.0 Å². The lowest BCUT2D eigenvalue weighted by molar-refractivity contribution is -0.137. The van der Waals surface area contributed by atoms with Crippen molar-refractivity contribution in [1.82, 2.24) is 4.98 Å². The lowest BCUT2D eigenvalue weighted by Crippen LogP contribution is -2.17. The normalized spacial score (nSPS) is 12.3. The molecule has 3 aromatic rings. The van der Waals surface area contributed by atoms with E-state index in [9.17, 15) is 9.59 Å². The number of anilines is 1. The predicted octanol–water partition coefficient (Wildman–Crippen LogP) is 5.69. The summed E-state index contributed by atoms with van der Waals surface area (Å²) in [7, 11) is 0. The Kier molecular flexibility index (Phi) is 6.62. The lowest BCUT2D eigenvalue weighted by Gasteiger charge is -2.14. The summed E-state index contributed by atoms with van der Waals surface area (Å²) in [6, 6.07) is 16.5. The minimum Gasteiger partial charge on any atom is -0.481 e. The number of carbonyl (C=O) groups excluding carboxylic acids is 1. The van der Waals surface area contributed by atoms with Gasteiger partial charge in [-0.15, -0.1) is 11.3 Å². The highest BCUT2D eigenvalue weighted by atomic mass is 32.1. The Bertz CT molecular complexity index is 1030. The van der Waals surface area contributed by atoms with Crippen LogP contribution in [0.25, 0.3) is 11.1 Å². The number of hydrogen-bond donors (Lipinski definition) is 2. The summed E-state index contributed by atoms with van der Waals surface area (Å²) in [5, 5.41) is 13.8. The van der Waals surface area contributed by atoms with E-state index in [1.165, 1.54) is 33.6 Å². The number of aromatic nitrogens is 1. The maximum absolute atomic E-state index is 12.3. The molecule has 0 unspecified atom stereocenters. The Hall–Kier alpha value is -3.19. The van der Waals surface area contributed by atoms with Crippen LogP contribution >= 0.6 is 11.3 Å². The molecule has 1 heterocycles. The number of carbonyl (C=O) groups is 2. The van der Waals surface area contributed by atoms with Gasteiger partial charge in [-0.25, -0.2) is 9.78 Å². The fourth-order valence-electron chi connectivity index (χ4n) is 3.96. The Morgan fingerprint density at radius 3 is 2.35 bits per heavy atom. The van der Waals surface area contributed by atoms with Gasteiger partial charge in [0.1, 0.15) is 6.61 Å². The Morgan fingerprint density at radius 2 is 1.68 bits per heavy atom. The van der Waals surface area contributed by atoms with Gasteiger partial charge >= 0.3 is 12.1 Å². The van der Waals surface area contributed by atoms with Crippen LogP contribution in [-0.2, 0) is 16.0 Å². The molecule has 160 valence electrons. The van der Waals surface area contributed by atoms with E-state index < -0.39 is 12.1 Å². The summed E-state index contributed by atoms with van der Waals surface area (Å²) >= 11 is 1.36. The van der Waals surface area contributed by atoms with Crippen LogP contribution in [0.1, 0.15) is 48.4 Å². The molecule has 0 saturated carbocycles. The zero-order chi connectivity index (χ0) is 21.6. The molecule has 0 saturated heterocycles. The summed E-state index contributed by atoms with van der Waals surface area (Å²) in [6.07, 6.45) is 2.85. The van der Waals surface area contributed by atoms with E-state index in [2.05, 4.69) is 34.6 Å². The number of amides is 1. The van der Waals surface area contributed by atoms with Crippen LogP contribution < -0.4 is 5.32 Å². The van der Waals surface area contributed by atoms with Gasteiger partial charge in [0.15, 0.2) is 5.13 Å². The van der Waals surface area contributed by atoms with Gasteiger partial charge in [-0.05, 0) is 41.5 Å². The van der Waals surface area contributed by atoms with Gasteiger partial charge in [0.05, 0.1) is 5.69 Å². The van der Waals surface area contributed by atoms with E-state index in [4.69, 9.17) is 9.84 Å². The van der Waals surface area contributed by atoms with Crippen LogP contribution in [0.4, 0.5) is 9.93 Å². The SMILES string of the molecule is O=C(O)CCCCCc1csc(NC(=O)OCC2c3ccccc3-c3ccccc32)n1. The smallest absolute Gasteiger partial charge is 0.413 e. The van der Waals surface area contributed by atoms with Crippen LogP contribution in [0.3, 0.4) is 0 Å². The second kappa shape index (κ2) is 9.75. The van der Waals surface area contributed by atoms with Gasteiger partial charge in [0.2, 0.25) is 0 Å². The number of nitrogens with zero attached hydrogens (tertiary/aromatic N) is 1. The molecule has 0 spiro atoms. The fraction of sp³-hybridized carbons (Fsp3) is 0.292. The Labute approximate surface area is 184 Å². The second-order valence-corrected chi connectivity index (χ2v) is 8.41. The van der Waals surface area contributed by atoms with E-state index in [0.29, 0.717) is 11.6 Å². The number of ether oxygens (including phenoxy) is 1. The zero-order valence-corrected chi connectivity index (χ0v) is 17.9. The molecule has 31 heavy (non-hydrogen) atoms. The summed E-state index contributed by atoms with van der Waals surface area (Å²) < 4.78 is 5.55. The van der Waals surface area contributed by atoms with Crippen molar-refractivity contribution in [3.05, 3.63) is 70.7 Å². The summed E-state index contributed by atoms with van der Waals surface area (Å²) in [5.74, 6) is -0.737. The number of aryl methyl sites for hydroxylation is 1. The maximum atomic E-state index is 12.3. The molecule has 1 amide bonds. The van der Waals surface area contributed by atoms with Gasteiger partial charge in [-0.3, -0.25) is 10.1 Å². The Balaban J connectivity index is 1.29. The molecule has 6 nitrogen and oxygen atoms in total. The Morgan fingerprint density at radius 1 is 1.00 bits per heavy atom. The van der Waals surface area contributed by atoms with Crippen LogP contribution in [0.5, 0.6) is 0 Å². The third kappa shape index (κ3) is 5.11. The lowest BCUT2D eigenvalue weighted by atomic mass is 9.98. The molecule has 2 N–H and O–H groups in total. The zero-order valence-electron chi connectivity index (χ0n) is 17.0. The van der Waals surface area contributed by atoms with E-state index >= 15 is 0 Å². The summed E-state index contributed by atoms with van der Waals surface area (Å²) in [5.41, 5.74) is 5.64. The molecule has 0 aliphatic heterocycles. The average Bonchev–Trinajstić information content (AvgIpc) is 3.34. The number of carboxylic acids is 1. The van der Waals surface area contributed by atoms with Crippen LogP contribution in [0.15, 0.2) is 53.9 Å². The standard InChI is InChI=1S/C24H24N2O4S/c27-22(28)13-3-1-2-8-16-15-31-23(25-16)26-24(29)30-14-21-19-11-6-4-9-17(19)18-10-5-7-12-20(18)21/h4-7,9-12,15,21H,1-3,8,13-14H2,(H,27,28)(H,25,26,29). The van der Waals surface area contributed by atoms with E-state index in [-0.39, 0.29) is 18.9 Å². The molecular weight excluding hydrogens is 412 g/mol. The molecule has 0 radical (unpaired) electrons. The monoisotopic (exact) mass is 436 g/mol. The first-order chi connectivity index (χ1) is 15.1. The summed E-state index contributed by atoms with van der Waals surface area (Å²) in [6.45, 7) is 0.266. The molecule has 0 fully saturated rings. The van der Waals surface area contributed by atoms with Crippen molar-refractivity contribution in [2.24, 2.45) is 0 Å². The average molecular weight is 437 g/mol. The van der Waals surface area contributed by atoms with Crippen molar-refractivity contribution in [1.29, 1.82) is 0 Å². The van der Waals surface area contributed by atoms with Crippen molar-refractivity contribution >= 4 is 28.5 Å². The third-order valence-corrected chi connectivity index (χ3v) is 6.23. The minimum atomic E-state index is -0.761. The van der Waals surface area contributed by atoms with Crippen LogP contribution in [0.2, 0.25) is 0 Å².